The van der Waals surface area contributed by atoms with Gasteiger partial charge in [0.25, 0.3) is 0 Å². The van der Waals surface area contributed by atoms with E-state index in [1.807, 2.05) is 6.92 Å². The number of Topliss-reactive ketones (excluding diaryl/α,β-unsaturated/α-hetero) is 1. The number of rotatable bonds is 5. The molecule has 0 amide bonds. The van der Waals surface area contributed by atoms with Crippen LogP contribution in [0, 0.1) is 5.92 Å². The van der Waals surface area contributed by atoms with Gasteiger partial charge in [-0.2, -0.15) is 0 Å². The summed E-state index contributed by atoms with van der Waals surface area (Å²) in [6.07, 6.45) is 2.70. The van der Waals surface area contributed by atoms with Gasteiger partial charge >= 0.3 is 0 Å². The maximum Gasteiger partial charge on any atom is 0.214 e. The Labute approximate surface area is 96.8 Å². The molecule has 0 spiro atoms. The molecule has 0 saturated heterocycles. The first-order valence-corrected chi connectivity index (χ1v) is 5.62. The van der Waals surface area contributed by atoms with E-state index in [-0.39, 0.29) is 11.9 Å². The summed E-state index contributed by atoms with van der Waals surface area (Å²) in [6.45, 7) is 7.86. The first kappa shape index (κ1) is 12.7. The Morgan fingerprint density at radius 2 is 2.12 bits per heavy atom. The fourth-order valence-electron chi connectivity index (χ4n) is 1.61. The van der Waals surface area contributed by atoms with Gasteiger partial charge in [0, 0.05) is 17.8 Å². The van der Waals surface area contributed by atoms with Crippen LogP contribution in [0.25, 0.3) is 0 Å². The predicted octanol–water partition coefficient (Wildman–Crippen LogP) is 3.10. The quantitative estimate of drug-likeness (QED) is 0.717. The number of hydrogen-bond acceptors (Lipinski definition) is 3. The topological polar surface area (TPSA) is 39.2 Å². The van der Waals surface area contributed by atoms with E-state index in [1.165, 1.54) is 6.92 Å². The van der Waals surface area contributed by atoms with Gasteiger partial charge in [0.05, 0.1) is 6.10 Å². The average Bonchev–Trinajstić information content (AvgIpc) is 2.16. The highest BCUT2D eigenvalue weighted by Gasteiger charge is 2.08. The highest BCUT2D eigenvalue weighted by atomic mass is 16.5. The second-order valence-corrected chi connectivity index (χ2v) is 4.50. The van der Waals surface area contributed by atoms with Crippen LogP contribution in [-0.4, -0.2) is 16.9 Å². The zero-order chi connectivity index (χ0) is 12.1. The zero-order valence-electron chi connectivity index (χ0n) is 10.4. The van der Waals surface area contributed by atoms with Gasteiger partial charge in [0.15, 0.2) is 5.78 Å². The molecule has 1 unspecified atom stereocenters. The molecule has 0 aliphatic heterocycles. The van der Waals surface area contributed by atoms with Crippen molar-refractivity contribution in [2.24, 2.45) is 5.92 Å². The molecule has 0 bridgehead atoms. The lowest BCUT2D eigenvalue weighted by atomic mass is 10.1. The minimum Gasteiger partial charge on any atom is -0.475 e. The fraction of sp³-hybridized carbons (Fsp3) is 0.538. The molecule has 3 nitrogen and oxygen atoms in total. The van der Waals surface area contributed by atoms with Crippen molar-refractivity contribution in [3.8, 4) is 5.88 Å². The lowest BCUT2D eigenvalue weighted by Gasteiger charge is -2.15. The van der Waals surface area contributed by atoms with E-state index in [4.69, 9.17) is 4.74 Å². The summed E-state index contributed by atoms with van der Waals surface area (Å²) < 4.78 is 5.65. The predicted molar refractivity (Wildman–Crippen MR) is 63.8 cm³/mol. The number of pyridine rings is 1. The largest absolute Gasteiger partial charge is 0.475 e. The average molecular weight is 221 g/mol. The minimum atomic E-state index is 0.0313. The van der Waals surface area contributed by atoms with Gasteiger partial charge in [-0.15, -0.1) is 0 Å². The standard InChI is InChI=1S/C13H19NO2/c1-9(2)7-10(3)16-13-8-12(11(4)15)5-6-14-13/h5-6,8-10H,7H2,1-4H3. The molecule has 1 atom stereocenters. The number of nitrogens with zero attached hydrogens (tertiary/aromatic N) is 1. The molecule has 16 heavy (non-hydrogen) atoms. The van der Waals surface area contributed by atoms with Gasteiger partial charge in [-0.05, 0) is 32.3 Å². The Morgan fingerprint density at radius 1 is 1.44 bits per heavy atom. The van der Waals surface area contributed by atoms with E-state index < -0.39 is 0 Å². The molecular weight excluding hydrogens is 202 g/mol. The highest BCUT2D eigenvalue weighted by Crippen LogP contribution is 2.14. The highest BCUT2D eigenvalue weighted by molar-refractivity contribution is 5.94. The Bertz CT molecular complexity index is 361. The summed E-state index contributed by atoms with van der Waals surface area (Å²) in [5, 5.41) is 0. The van der Waals surface area contributed by atoms with Crippen molar-refractivity contribution in [1.82, 2.24) is 4.98 Å². The molecule has 88 valence electrons. The summed E-state index contributed by atoms with van der Waals surface area (Å²) in [5.41, 5.74) is 0.641. The Balaban J connectivity index is 2.66. The van der Waals surface area contributed by atoms with Crippen LogP contribution >= 0.6 is 0 Å². The third-order valence-corrected chi connectivity index (χ3v) is 2.27. The second kappa shape index (κ2) is 5.64. The van der Waals surface area contributed by atoms with Crippen LogP contribution in [0.4, 0.5) is 0 Å². The Hall–Kier alpha value is -1.38. The maximum absolute atomic E-state index is 11.2. The van der Waals surface area contributed by atoms with Gasteiger partial charge in [-0.3, -0.25) is 4.79 Å². The molecular formula is C13H19NO2. The molecule has 1 aromatic rings. The molecule has 1 aromatic heterocycles. The van der Waals surface area contributed by atoms with Crippen molar-refractivity contribution < 1.29 is 9.53 Å². The number of aromatic nitrogens is 1. The summed E-state index contributed by atoms with van der Waals surface area (Å²) in [7, 11) is 0. The summed E-state index contributed by atoms with van der Waals surface area (Å²) in [4.78, 5) is 15.3. The van der Waals surface area contributed by atoms with E-state index >= 15 is 0 Å². The van der Waals surface area contributed by atoms with E-state index in [1.54, 1.807) is 18.3 Å². The molecule has 0 fully saturated rings. The van der Waals surface area contributed by atoms with Crippen LogP contribution in [0.15, 0.2) is 18.3 Å². The molecule has 0 radical (unpaired) electrons. The number of hydrogen-bond donors (Lipinski definition) is 0. The van der Waals surface area contributed by atoms with E-state index in [9.17, 15) is 4.79 Å². The Kier molecular flexibility index (Phi) is 4.47. The fourth-order valence-corrected chi connectivity index (χ4v) is 1.61. The maximum atomic E-state index is 11.2. The van der Waals surface area contributed by atoms with Crippen LogP contribution in [0.1, 0.15) is 44.5 Å². The molecule has 0 saturated carbocycles. The zero-order valence-corrected chi connectivity index (χ0v) is 10.4. The lowest BCUT2D eigenvalue weighted by Crippen LogP contribution is -2.15. The molecule has 1 rings (SSSR count). The summed E-state index contributed by atoms with van der Waals surface area (Å²) >= 11 is 0. The molecule has 0 aliphatic carbocycles. The first-order valence-electron chi connectivity index (χ1n) is 5.62. The van der Waals surface area contributed by atoms with Crippen molar-refractivity contribution in [2.45, 2.75) is 40.2 Å². The second-order valence-electron chi connectivity index (χ2n) is 4.50. The normalized spacial score (nSPS) is 12.6. The third kappa shape index (κ3) is 4.01. The van der Waals surface area contributed by atoms with Crippen LogP contribution in [0.2, 0.25) is 0 Å². The summed E-state index contributed by atoms with van der Waals surface area (Å²) in [5.74, 6) is 1.15. The molecule has 0 aromatic carbocycles. The molecule has 1 heterocycles. The molecule has 3 heteroatoms. The van der Waals surface area contributed by atoms with Crippen molar-refractivity contribution in [1.29, 1.82) is 0 Å². The number of ketones is 1. The van der Waals surface area contributed by atoms with Gasteiger partial charge in [-0.1, -0.05) is 13.8 Å². The Morgan fingerprint density at radius 3 is 2.69 bits per heavy atom. The van der Waals surface area contributed by atoms with Gasteiger partial charge < -0.3 is 4.74 Å². The van der Waals surface area contributed by atoms with Crippen LogP contribution in [0.3, 0.4) is 0 Å². The monoisotopic (exact) mass is 221 g/mol. The van der Waals surface area contributed by atoms with Crippen molar-refractivity contribution >= 4 is 5.78 Å². The van der Waals surface area contributed by atoms with Crippen molar-refractivity contribution in [2.75, 3.05) is 0 Å². The van der Waals surface area contributed by atoms with E-state index in [2.05, 4.69) is 18.8 Å². The van der Waals surface area contributed by atoms with Gasteiger partial charge in [0.1, 0.15) is 0 Å². The molecule has 0 aliphatic rings. The number of carbonyl (C=O) groups excluding carboxylic acids is 1. The number of carbonyl (C=O) groups is 1. The van der Waals surface area contributed by atoms with Crippen molar-refractivity contribution in [3.05, 3.63) is 23.9 Å². The van der Waals surface area contributed by atoms with E-state index in [0.717, 1.165) is 6.42 Å². The van der Waals surface area contributed by atoms with Crippen molar-refractivity contribution in [3.63, 3.8) is 0 Å². The van der Waals surface area contributed by atoms with Crippen LogP contribution in [-0.2, 0) is 0 Å². The minimum absolute atomic E-state index is 0.0313. The number of ether oxygens (including phenoxy) is 1. The van der Waals surface area contributed by atoms with Crippen LogP contribution < -0.4 is 4.74 Å². The smallest absolute Gasteiger partial charge is 0.214 e. The van der Waals surface area contributed by atoms with Crippen LogP contribution in [0.5, 0.6) is 5.88 Å². The molecule has 0 N–H and O–H groups in total. The van der Waals surface area contributed by atoms with Gasteiger partial charge in [0.2, 0.25) is 5.88 Å². The first-order chi connectivity index (χ1) is 7.49. The van der Waals surface area contributed by atoms with E-state index in [0.29, 0.717) is 17.4 Å². The lowest BCUT2D eigenvalue weighted by molar-refractivity contribution is 0.101. The SMILES string of the molecule is CC(=O)c1ccnc(OC(C)CC(C)C)c1. The summed E-state index contributed by atoms with van der Waals surface area (Å²) in [6, 6.07) is 3.39. The van der Waals surface area contributed by atoms with Gasteiger partial charge in [-0.25, -0.2) is 4.98 Å². The third-order valence-electron chi connectivity index (χ3n) is 2.27.